The van der Waals surface area contributed by atoms with Gasteiger partial charge >= 0.3 is 0 Å². The van der Waals surface area contributed by atoms with Gasteiger partial charge < -0.3 is 0 Å². The third-order valence-corrected chi connectivity index (χ3v) is 2.34. The number of alkyl halides is 1. The van der Waals surface area contributed by atoms with Gasteiger partial charge in [-0.25, -0.2) is 0 Å². The normalized spacial score (nSPS) is 13.4. The Morgan fingerprint density at radius 3 is 2.57 bits per heavy atom. The van der Waals surface area contributed by atoms with Crippen LogP contribution in [0, 0.1) is 5.92 Å². The Hall–Kier alpha value is 0.470. The first kappa shape index (κ1) is 7.47. The number of hydrogen-bond donors (Lipinski definition) is 0. The second-order valence-electron chi connectivity index (χ2n) is 1.78. The zero-order chi connectivity index (χ0) is 5.70. The van der Waals surface area contributed by atoms with Crippen LogP contribution < -0.4 is 0 Å². The topological polar surface area (TPSA) is 0 Å². The quantitative estimate of drug-likeness (QED) is 0.381. The first-order valence-corrected chi connectivity index (χ1v) is 4.00. The van der Waals surface area contributed by atoms with E-state index in [4.69, 9.17) is 0 Å². The number of rotatable bonds is 3. The van der Waals surface area contributed by atoms with Crippen molar-refractivity contribution in [1.29, 1.82) is 0 Å². The molecule has 0 radical (unpaired) electrons. The zero-order valence-corrected chi connectivity index (χ0v) is 6.81. The molecule has 0 amide bonds. The first-order valence-electron chi connectivity index (χ1n) is 2.48. The summed E-state index contributed by atoms with van der Waals surface area (Å²) >= 11 is 2.39. The van der Waals surface area contributed by atoms with Gasteiger partial charge in [0, 0.05) is 4.43 Å². The second-order valence-corrected chi connectivity index (χ2v) is 2.66. The van der Waals surface area contributed by atoms with E-state index < -0.39 is 0 Å². The van der Waals surface area contributed by atoms with Crippen LogP contribution in [0.4, 0.5) is 0 Å². The van der Waals surface area contributed by atoms with Gasteiger partial charge in [0.2, 0.25) is 0 Å². The molecule has 1 atom stereocenters. The second kappa shape index (κ2) is 4.62. The smallest absolute Gasteiger partial charge is 0.00240 e. The Balaban J connectivity index is 2.98. The van der Waals surface area contributed by atoms with Gasteiger partial charge in [-0.1, -0.05) is 35.6 Å². The van der Waals surface area contributed by atoms with Crippen LogP contribution in [0.2, 0.25) is 0 Å². The molecule has 1 heteroatoms. The highest BCUT2D eigenvalue weighted by atomic mass is 127. The van der Waals surface area contributed by atoms with Crippen molar-refractivity contribution in [3.63, 3.8) is 0 Å². The van der Waals surface area contributed by atoms with E-state index in [0.29, 0.717) is 0 Å². The molecule has 0 nitrogen and oxygen atoms in total. The molecule has 7 heavy (non-hydrogen) atoms. The molecule has 0 heterocycles. The molecule has 0 saturated carbocycles. The van der Waals surface area contributed by atoms with Gasteiger partial charge in [0.05, 0.1) is 0 Å². The van der Waals surface area contributed by atoms with E-state index in [0.717, 1.165) is 12.3 Å². The molecule has 0 fully saturated rings. The van der Waals surface area contributed by atoms with Crippen LogP contribution in [0.1, 0.15) is 13.3 Å². The van der Waals surface area contributed by atoms with Gasteiger partial charge in [-0.3, -0.25) is 0 Å². The summed E-state index contributed by atoms with van der Waals surface area (Å²) in [5.41, 5.74) is 0. The van der Waals surface area contributed by atoms with E-state index in [1.54, 1.807) is 0 Å². The van der Waals surface area contributed by atoms with Gasteiger partial charge in [0.15, 0.2) is 0 Å². The zero-order valence-electron chi connectivity index (χ0n) is 4.65. The van der Waals surface area contributed by atoms with Crippen molar-refractivity contribution in [2.24, 2.45) is 5.92 Å². The van der Waals surface area contributed by atoms with E-state index in [-0.39, 0.29) is 0 Å². The summed E-state index contributed by atoms with van der Waals surface area (Å²) < 4.78 is 1.24. The predicted molar refractivity (Wildman–Crippen MR) is 42.9 cm³/mol. The van der Waals surface area contributed by atoms with Crippen LogP contribution in [-0.4, -0.2) is 4.43 Å². The molecule has 0 spiro atoms. The average Bonchev–Trinajstić information content (AvgIpc) is 1.68. The molecule has 0 aromatic heterocycles. The molecular formula is C6H11I. The van der Waals surface area contributed by atoms with Crippen LogP contribution in [-0.2, 0) is 0 Å². The summed E-state index contributed by atoms with van der Waals surface area (Å²) in [5, 5.41) is 0. The lowest BCUT2D eigenvalue weighted by Crippen LogP contribution is -1.90. The average molecular weight is 210 g/mol. The molecule has 0 aliphatic heterocycles. The van der Waals surface area contributed by atoms with Crippen molar-refractivity contribution in [2.45, 2.75) is 13.3 Å². The minimum Gasteiger partial charge on any atom is -0.103 e. The summed E-state index contributed by atoms with van der Waals surface area (Å²) in [6, 6.07) is 0. The Labute approximate surface area is 59.1 Å². The summed E-state index contributed by atoms with van der Waals surface area (Å²) in [5.74, 6) is 0.818. The van der Waals surface area contributed by atoms with Crippen molar-refractivity contribution in [2.75, 3.05) is 4.43 Å². The largest absolute Gasteiger partial charge is 0.103 e. The minimum absolute atomic E-state index is 0.818. The third-order valence-electron chi connectivity index (χ3n) is 0.832. The fourth-order valence-corrected chi connectivity index (χ4v) is 0.707. The Morgan fingerprint density at radius 1 is 1.86 bits per heavy atom. The molecule has 0 saturated heterocycles. The van der Waals surface area contributed by atoms with E-state index in [1.165, 1.54) is 4.43 Å². The minimum atomic E-state index is 0.818. The first-order chi connectivity index (χ1) is 3.31. The van der Waals surface area contributed by atoms with E-state index in [2.05, 4.69) is 36.1 Å². The summed E-state index contributed by atoms with van der Waals surface area (Å²) in [6.45, 7) is 5.88. The highest BCUT2D eigenvalue weighted by Crippen LogP contribution is 2.04. The van der Waals surface area contributed by atoms with Crippen LogP contribution in [0.25, 0.3) is 0 Å². The Bertz CT molecular complexity index is 50.1. The van der Waals surface area contributed by atoms with Crippen molar-refractivity contribution < 1.29 is 0 Å². The molecule has 0 unspecified atom stereocenters. The third kappa shape index (κ3) is 4.32. The Kier molecular flexibility index (Phi) is 4.94. The van der Waals surface area contributed by atoms with Crippen LogP contribution in [0.15, 0.2) is 12.7 Å². The SMILES string of the molecule is C=CC[C@@H](C)CI. The van der Waals surface area contributed by atoms with Gasteiger partial charge in [0.25, 0.3) is 0 Å². The van der Waals surface area contributed by atoms with Crippen molar-refractivity contribution in [1.82, 2.24) is 0 Å². The van der Waals surface area contributed by atoms with Gasteiger partial charge in [-0.05, 0) is 12.3 Å². The van der Waals surface area contributed by atoms with Gasteiger partial charge in [-0.15, -0.1) is 6.58 Å². The molecule has 0 aliphatic rings. The highest BCUT2D eigenvalue weighted by Gasteiger charge is 1.91. The predicted octanol–water partition coefficient (Wildman–Crippen LogP) is 2.63. The van der Waals surface area contributed by atoms with Crippen molar-refractivity contribution in [3.05, 3.63) is 12.7 Å². The Morgan fingerprint density at radius 2 is 2.43 bits per heavy atom. The molecule has 0 rings (SSSR count). The summed E-state index contributed by atoms with van der Waals surface area (Å²) in [7, 11) is 0. The summed E-state index contributed by atoms with van der Waals surface area (Å²) in [4.78, 5) is 0. The van der Waals surface area contributed by atoms with E-state index in [9.17, 15) is 0 Å². The van der Waals surface area contributed by atoms with Gasteiger partial charge in [0.1, 0.15) is 0 Å². The summed E-state index contributed by atoms with van der Waals surface area (Å²) in [6.07, 6.45) is 3.13. The van der Waals surface area contributed by atoms with E-state index >= 15 is 0 Å². The molecule has 42 valence electrons. The highest BCUT2D eigenvalue weighted by molar-refractivity contribution is 14.1. The maximum Gasteiger partial charge on any atom is 0.00240 e. The molecule has 0 aromatic carbocycles. The molecule has 0 N–H and O–H groups in total. The van der Waals surface area contributed by atoms with Gasteiger partial charge in [-0.2, -0.15) is 0 Å². The lowest BCUT2D eigenvalue weighted by molar-refractivity contribution is 0.687. The molecular weight excluding hydrogens is 199 g/mol. The lowest BCUT2D eigenvalue weighted by Gasteiger charge is -1.98. The number of halogens is 1. The maximum absolute atomic E-state index is 3.65. The fourth-order valence-electron chi connectivity index (χ4n) is 0.348. The van der Waals surface area contributed by atoms with Crippen molar-refractivity contribution >= 4 is 22.6 Å². The monoisotopic (exact) mass is 210 g/mol. The number of hydrogen-bond acceptors (Lipinski definition) is 0. The van der Waals surface area contributed by atoms with Crippen LogP contribution >= 0.6 is 22.6 Å². The number of allylic oxidation sites excluding steroid dienone is 1. The molecule has 0 aromatic rings. The van der Waals surface area contributed by atoms with Crippen molar-refractivity contribution in [3.8, 4) is 0 Å². The van der Waals surface area contributed by atoms with Crippen LogP contribution in [0.3, 0.4) is 0 Å². The lowest BCUT2D eigenvalue weighted by atomic mass is 10.1. The standard InChI is InChI=1S/C6H11I/c1-3-4-6(2)5-7/h3,6H,1,4-5H2,2H3/t6-/m1/s1. The molecule has 0 aliphatic carbocycles. The van der Waals surface area contributed by atoms with E-state index in [1.807, 2.05) is 6.08 Å². The van der Waals surface area contributed by atoms with Crippen LogP contribution in [0.5, 0.6) is 0 Å². The maximum atomic E-state index is 3.65. The fraction of sp³-hybridized carbons (Fsp3) is 0.667. The molecule has 0 bridgehead atoms.